The van der Waals surface area contributed by atoms with Gasteiger partial charge in [0.15, 0.2) is 0 Å². The molecule has 1 aromatic carbocycles. The van der Waals surface area contributed by atoms with Crippen molar-refractivity contribution in [2.45, 2.75) is 32.9 Å². The molecule has 3 aromatic heterocycles. The number of Topliss-reactive ketones (excluding diaryl/α,β-unsaturated/α-hetero) is 1. The van der Waals surface area contributed by atoms with E-state index in [2.05, 4.69) is 20.3 Å². The van der Waals surface area contributed by atoms with Crippen LogP contribution in [0.4, 0.5) is 18.9 Å². The van der Waals surface area contributed by atoms with Crippen molar-refractivity contribution in [2.24, 2.45) is 0 Å². The van der Waals surface area contributed by atoms with Gasteiger partial charge in [-0.25, -0.2) is 15.0 Å². The minimum atomic E-state index is -4.45. The fourth-order valence-electron chi connectivity index (χ4n) is 3.34. The Balaban J connectivity index is 1.38. The molecule has 0 fully saturated rings. The molecule has 0 bridgehead atoms. The van der Waals surface area contributed by atoms with E-state index in [9.17, 15) is 22.8 Å². The summed E-state index contributed by atoms with van der Waals surface area (Å²) < 4.78 is 38.1. The maximum Gasteiger partial charge on any atom is 0.416 e. The summed E-state index contributed by atoms with van der Waals surface area (Å²) in [5.74, 6) is -0.685. The van der Waals surface area contributed by atoms with Gasteiger partial charge in [-0.1, -0.05) is 6.07 Å². The third kappa shape index (κ3) is 6.17. The number of pyridine rings is 1. The number of hydrogen-bond acceptors (Lipinski definition) is 7. The number of hydrogen-bond donors (Lipinski definition) is 1. The van der Waals surface area contributed by atoms with Gasteiger partial charge in [0.05, 0.1) is 33.3 Å². The Labute approximate surface area is 206 Å². The number of nitrogens with one attached hydrogen (secondary N) is 1. The minimum absolute atomic E-state index is 0.0228. The van der Waals surface area contributed by atoms with E-state index < -0.39 is 17.6 Å². The number of carbonyl (C=O) groups is 2. The molecular weight excluding hydrogens is 497 g/mol. The van der Waals surface area contributed by atoms with Crippen molar-refractivity contribution in [3.05, 3.63) is 80.5 Å². The number of carbonyl (C=O) groups excluding carboxylic acids is 2. The monoisotopic (exact) mass is 516 g/mol. The van der Waals surface area contributed by atoms with E-state index >= 15 is 0 Å². The molecule has 0 radical (unpaired) electrons. The number of aromatic nitrogens is 3. The number of thiazole rings is 2. The van der Waals surface area contributed by atoms with Gasteiger partial charge >= 0.3 is 6.18 Å². The molecule has 0 unspecified atom stereocenters. The van der Waals surface area contributed by atoms with Gasteiger partial charge in [0, 0.05) is 23.2 Å². The minimum Gasteiger partial charge on any atom is -0.321 e. The Hall–Kier alpha value is -3.44. The molecule has 4 rings (SSSR count). The van der Waals surface area contributed by atoms with E-state index in [4.69, 9.17) is 0 Å². The first-order valence-electron chi connectivity index (χ1n) is 10.4. The predicted molar refractivity (Wildman–Crippen MR) is 129 cm³/mol. The first kappa shape index (κ1) is 24.7. The second-order valence-corrected chi connectivity index (χ2v) is 9.86. The normalized spacial score (nSPS) is 11.5. The Morgan fingerprint density at radius 3 is 2.37 bits per heavy atom. The fourth-order valence-corrected chi connectivity index (χ4v) is 5.11. The number of ketones is 1. The highest BCUT2D eigenvalue weighted by Crippen LogP contribution is 2.31. The third-order valence-electron chi connectivity index (χ3n) is 4.92. The van der Waals surface area contributed by atoms with Gasteiger partial charge in [-0.2, -0.15) is 13.2 Å². The number of halogens is 3. The SMILES string of the molecule is Cc1nc(C)c(-c2csc(CC(=O)Cc3cccc(C(=O)Nc4ccc(C(F)(F)F)cc4)n3)n2)s1. The summed E-state index contributed by atoms with van der Waals surface area (Å²) in [7, 11) is 0. The van der Waals surface area contributed by atoms with Gasteiger partial charge in [-0.3, -0.25) is 9.59 Å². The van der Waals surface area contributed by atoms with Crippen LogP contribution >= 0.6 is 22.7 Å². The molecule has 6 nitrogen and oxygen atoms in total. The number of benzene rings is 1. The van der Waals surface area contributed by atoms with Crippen LogP contribution in [-0.2, 0) is 23.8 Å². The van der Waals surface area contributed by atoms with Crippen molar-refractivity contribution in [1.29, 1.82) is 0 Å². The summed E-state index contributed by atoms with van der Waals surface area (Å²) in [6.45, 7) is 3.86. The molecule has 11 heteroatoms. The summed E-state index contributed by atoms with van der Waals surface area (Å²) in [4.78, 5) is 39.3. The number of amides is 1. The molecule has 1 N–H and O–H groups in total. The van der Waals surface area contributed by atoms with Crippen LogP contribution in [0.2, 0.25) is 0 Å². The van der Waals surface area contributed by atoms with E-state index in [0.717, 1.165) is 33.4 Å². The number of nitrogens with zero attached hydrogens (tertiary/aromatic N) is 3. The van der Waals surface area contributed by atoms with E-state index in [-0.39, 0.29) is 30.0 Å². The molecule has 0 saturated carbocycles. The Morgan fingerprint density at radius 2 is 1.71 bits per heavy atom. The van der Waals surface area contributed by atoms with Crippen LogP contribution in [0.5, 0.6) is 0 Å². The average molecular weight is 517 g/mol. The lowest BCUT2D eigenvalue weighted by molar-refractivity contribution is -0.137. The molecule has 0 atom stereocenters. The zero-order chi connectivity index (χ0) is 25.2. The molecule has 180 valence electrons. The van der Waals surface area contributed by atoms with Crippen LogP contribution in [0, 0.1) is 13.8 Å². The number of anilines is 1. The maximum absolute atomic E-state index is 12.7. The number of alkyl halides is 3. The molecule has 3 heterocycles. The summed E-state index contributed by atoms with van der Waals surface area (Å²) in [6.07, 6.45) is -4.29. The predicted octanol–water partition coefficient (Wildman–Crippen LogP) is 5.90. The van der Waals surface area contributed by atoms with Crippen molar-refractivity contribution in [2.75, 3.05) is 5.32 Å². The van der Waals surface area contributed by atoms with Gasteiger partial charge in [0.1, 0.15) is 16.5 Å². The van der Waals surface area contributed by atoms with Crippen LogP contribution in [0.15, 0.2) is 47.8 Å². The van der Waals surface area contributed by atoms with E-state index in [0.29, 0.717) is 10.7 Å². The van der Waals surface area contributed by atoms with E-state index in [1.54, 1.807) is 23.5 Å². The van der Waals surface area contributed by atoms with Crippen LogP contribution in [0.3, 0.4) is 0 Å². The summed E-state index contributed by atoms with van der Waals surface area (Å²) >= 11 is 2.96. The van der Waals surface area contributed by atoms with Crippen LogP contribution in [-0.4, -0.2) is 26.6 Å². The Kier molecular flexibility index (Phi) is 7.08. The van der Waals surface area contributed by atoms with Gasteiger partial charge in [-0.05, 0) is 50.2 Å². The second kappa shape index (κ2) is 10.0. The first-order chi connectivity index (χ1) is 16.6. The van der Waals surface area contributed by atoms with Crippen molar-refractivity contribution in [3.8, 4) is 10.6 Å². The Bertz CT molecular complexity index is 1380. The van der Waals surface area contributed by atoms with Crippen LogP contribution in [0.1, 0.15) is 37.5 Å². The fraction of sp³-hybridized carbons (Fsp3) is 0.208. The number of aryl methyl sites for hydroxylation is 2. The lowest BCUT2D eigenvalue weighted by Gasteiger charge is -2.09. The summed E-state index contributed by atoms with van der Waals surface area (Å²) in [5.41, 5.74) is 1.59. The average Bonchev–Trinajstić information content (AvgIpc) is 3.38. The molecule has 0 aliphatic carbocycles. The standard InChI is InChI=1S/C24H19F3N4O2S2/c1-13-22(35-14(2)28-13)20-12-34-21(31-20)11-18(32)10-17-4-3-5-19(29-17)23(33)30-16-8-6-15(7-9-16)24(25,26)27/h3-9,12H,10-11H2,1-2H3,(H,30,33). The van der Waals surface area contributed by atoms with Crippen molar-refractivity contribution >= 4 is 40.1 Å². The van der Waals surface area contributed by atoms with Crippen LogP contribution < -0.4 is 5.32 Å². The summed E-state index contributed by atoms with van der Waals surface area (Å²) in [5, 5.41) is 6.07. The molecule has 0 aliphatic rings. The van der Waals surface area contributed by atoms with E-state index in [1.165, 1.54) is 29.5 Å². The highest BCUT2D eigenvalue weighted by Gasteiger charge is 2.30. The van der Waals surface area contributed by atoms with Gasteiger partial charge in [-0.15, -0.1) is 22.7 Å². The molecule has 0 spiro atoms. The van der Waals surface area contributed by atoms with Crippen molar-refractivity contribution < 1.29 is 22.8 Å². The molecule has 35 heavy (non-hydrogen) atoms. The largest absolute Gasteiger partial charge is 0.416 e. The first-order valence-corrected chi connectivity index (χ1v) is 12.1. The van der Waals surface area contributed by atoms with Crippen molar-refractivity contribution in [3.63, 3.8) is 0 Å². The van der Waals surface area contributed by atoms with E-state index in [1.807, 2.05) is 19.2 Å². The van der Waals surface area contributed by atoms with Gasteiger partial charge in [0.25, 0.3) is 5.91 Å². The highest BCUT2D eigenvalue weighted by atomic mass is 32.1. The van der Waals surface area contributed by atoms with Crippen molar-refractivity contribution in [1.82, 2.24) is 15.0 Å². The molecule has 0 aliphatic heterocycles. The Morgan fingerprint density at radius 1 is 0.971 bits per heavy atom. The zero-order valence-corrected chi connectivity index (χ0v) is 20.3. The maximum atomic E-state index is 12.7. The lowest BCUT2D eigenvalue weighted by atomic mass is 10.1. The number of rotatable bonds is 7. The van der Waals surface area contributed by atoms with Gasteiger partial charge < -0.3 is 5.32 Å². The quantitative estimate of drug-likeness (QED) is 0.330. The third-order valence-corrected chi connectivity index (χ3v) is 6.87. The summed E-state index contributed by atoms with van der Waals surface area (Å²) in [6, 6.07) is 8.84. The lowest BCUT2D eigenvalue weighted by Crippen LogP contribution is -2.16. The molecule has 1 amide bonds. The topological polar surface area (TPSA) is 84.8 Å². The smallest absolute Gasteiger partial charge is 0.321 e. The molecular formula is C24H19F3N4O2S2. The highest BCUT2D eigenvalue weighted by molar-refractivity contribution is 7.16. The van der Waals surface area contributed by atoms with Gasteiger partial charge in [0.2, 0.25) is 0 Å². The molecule has 0 saturated heterocycles. The molecule has 4 aromatic rings. The van der Waals surface area contributed by atoms with Crippen LogP contribution in [0.25, 0.3) is 10.6 Å². The second-order valence-electron chi connectivity index (χ2n) is 7.71. The zero-order valence-electron chi connectivity index (χ0n) is 18.6.